The van der Waals surface area contributed by atoms with E-state index in [2.05, 4.69) is 16.7 Å². The van der Waals surface area contributed by atoms with E-state index >= 15 is 0 Å². The maximum absolute atomic E-state index is 12.6. The molecule has 0 aromatic heterocycles. The molecule has 0 radical (unpaired) electrons. The zero-order chi connectivity index (χ0) is 17.6. The van der Waals surface area contributed by atoms with Crippen LogP contribution in [0.3, 0.4) is 0 Å². The van der Waals surface area contributed by atoms with E-state index in [9.17, 15) is 14.4 Å². The van der Waals surface area contributed by atoms with Gasteiger partial charge in [0.2, 0.25) is 5.91 Å². The maximum Gasteiger partial charge on any atom is 0.325 e. The lowest BCUT2D eigenvalue weighted by atomic mass is 9.88. The van der Waals surface area contributed by atoms with E-state index in [1.807, 2.05) is 18.2 Å². The number of urea groups is 1. The first-order valence-corrected chi connectivity index (χ1v) is 9.00. The number of imide groups is 1. The Morgan fingerprint density at radius 3 is 2.80 bits per heavy atom. The molecule has 2 fully saturated rings. The second-order valence-corrected chi connectivity index (χ2v) is 7.51. The standard InChI is InChI=1S/C19H23N3O3/c1-19(13-9-10-13)17(24)22(18(25)21-19)11-16(23)20-15-8-4-6-12-5-2-3-7-14(12)15/h2-3,5,7,13,15H,4,6,8-11H2,1H3,(H,20,23)(H,21,25)/t15-,19-/m0/s1. The summed E-state index contributed by atoms with van der Waals surface area (Å²) < 4.78 is 0. The fourth-order valence-electron chi connectivity index (χ4n) is 4.08. The molecule has 1 aliphatic heterocycles. The van der Waals surface area contributed by atoms with E-state index in [1.54, 1.807) is 6.92 Å². The number of benzene rings is 1. The summed E-state index contributed by atoms with van der Waals surface area (Å²) in [7, 11) is 0. The number of hydrogen-bond acceptors (Lipinski definition) is 3. The van der Waals surface area contributed by atoms with Gasteiger partial charge < -0.3 is 10.6 Å². The summed E-state index contributed by atoms with van der Waals surface area (Å²) in [5, 5.41) is 5.78. The zero-order valence-electron chi connectivity index (χ0n) is 14.4. The Labute approximate surface area is 147 Å². The summed E-state index contributed by atoms with van der Waals surface area (Å²) >= 11 is 0. The largest absolute Gasteiger partial charge is 0.348 e. The molecule has 0 unspecified atom stereocenters. The van der Waals surface area contributed by atoms with Gasteiger partial charge in [0.25, 0.3) is 5.91 Å². The van der Waals surface area contributed by atoms with Crippen molar-refractivity contribution in [2.24, 2.45) is 5.92 Å². The SMILES string of the molecule is C[C@@]1(C2CC2)NC(=O)N(CC(=O)N[C@H]2CCCc3ccccc32)C1=O. The van der Waals surface area contributed by atoms with Crippen LogP contribution in [-0.2, 0) is 16.0 Å². The first-order chi connectivity index (χ1) is 12.0. The monoisotopic (exact) mass is 341 g/mol. The second-order valence-electron chi connectivity index (χ2n) is 7.51. The quantitative estimate of drug-likeness (QED) is 0.821. The lowest BCUT2D eigenvalue weighted by Crippen LogP contribution is -2.47. The van der Waals surface area contributed by atoms with Gasteiger partial charge in [-0.1, -0.05) is 24.3 Å². The number of rotatable bonds is 4. The number of nitrogens with one attached hydrogen (secondary N) is 2. The lowest BCUT2D eigenvalue weighted by Gasteiger charge is -2.27. The molecule has 3 aliphatic rings. The van der Waals surface area contributed by atoms with E-state index in [4.69, 9.17) is 0 Å². The summed E-state index contributed by atoms with van der Waals surface area (Å²) in [5.74, 6) is -0.369. The highest BCUT2D eigenvalue weighted by molar-refractivity contribution is 6.09. The summed E-state index contributed by atoms with van der Waals surface area (Å²) in [5.41, 5.74) is 1.56. The molecule has 1 heterocycles. The van der Waals surface area contributed by atoms with Crippen molar-refractivity contribution in [3.63, 3.8) is 0 Å². The molecule has 2 atom stereocenters. The third kappa shape index (κ3) is 2.79. The Morgan fingerprint density at radius 1 is 1.28 bits per heavy atom. The molecule has 1 saturated heterocycles. The average Bonchev–Trinajstić information content (AvgIpc) is 3.42. The minimum Gasteiger partial charge on any atom is -0.348 e. The second kappa shape index (κ2) is 5.86. The Hall–Kier alpha value is -2.37. The van der Waals surface area contributed by atoms with E-state index in [0.29, 0.717) is 0 Å². The van der Waals surface area contributed by atoms with Gasteiger partial charge in [-0.3, -0.25) is 14.5 Å². The van der Waals surface area contributed by atoms with Gasteiger partial charge in [0.15, 0.2) is 0 Å². The predicted octanol–water partition coefficient (Wildman–Crippen LogP) is 1.90. The predicted molar refractivity (Wildman–Crippen MR) is 91.6 cm³/mol. The molecule has 6 nitrogen and oxygen atoms in total. The molecule has 2 aliphatic carbocycles. The van der Waals surface area contributed by atoms with Crippen molar-refractivity contribution in [1.29, 1.82) is 0 Å². The van der Waals surface area contributed by atoms with Gasteiger partial charge in [0.1, 0.15) is 12.1 Å². The van der Waals surface area contributed by atoms with E-state index in [1.165, 1.54) is 5.56 Å². The average molecular weight is 341 g/mol. The van der Waals surface area contributed by atoms with Crippen LogP contribution in [-0.4, -0.2) is 34.8 Å². The lowest BCUT2D eigenvalue weighted by molar-refractivity contribution is -0.135. The maximum atomic E-state index is 12.6. The molecule has 132 valence electrons. The first-order valence-electron chi connectivity index (χ1n) is 9.00. The minimum atomic E-state index is -0.838. The van der Waals surface area contributed by atoms with Crippen LogP contribution in [0.5, 0.6) is 0 Å². The number of amides is 4. The molecule has 1 aromatic carbocycles. The molecular formula is C19H23N3O3. The highest BCUT2D eigenvalue weighted by Gasteiger charge is 2.56. The fourth-order valence-corrected chi connectivity index (χ4v) is 4.08. The van der Waals surface area contributed by atoms with Crippen LogP contribution >= 0.6 is 0 Å². The van der Waals surface area contributed by atoms with E-state index < -0.39 is 11.6 Å². The molecule has 4 rings (SSSR count). The molecule has 2 N–H and O–H groups in total. The van der Waals surface area contributed by atoms with Gasteiger partial charge in [-0.05, 0) is 56.1 Å². The van der Waals surface area contributed by atoms with Gasteiger partial charge in [0, 0.05) is 0 Å². The molecule has 4 amide bonds. The smallest absolute Gasteiger partial charge is 0.325 e. The first kappa shape index (κ1) is 16.1. The van der Waals surface area contributed by atoms with Crippen molar-refractivity contribution in [1.82, 2.24) is 15.5 Å². The fraction of sp³-hybridized carbons (Fsp3) is 0.526. The summed E-state index contributed by atoms with van der Waals surface area (Å²) in [4.78, 5) is 38.3. The van der Waals surface area contributed by atoms with E-state index in [0.717, 1.165) is 42.6 Å². The zero-order valence-corrected chi connectivity index (χ0v) is 14.4. The Bertz CT molecular complexity index is 743. The normalized spacial score (nSPS) is 28.5. The van der Waals surface area contributed by atoms with Crippen molar-refractivity contribution in [2.75, 3.05) is 6.54 Å². The van der Waals surface area contributed by atoms with Crippen LogP contribution in [0.2, 0.25) is 0 Å². The van der Waals surface area contributed by atoms with Crippen molar-refractivity contribution >= 4 is 17.8 Å². The molecule has 1 aromatic rings. The summed E-state index contributed by atoms with van der Waals surface area (Å²) in [6, 6.07) is 7.60. The van der Waals surface area contributed by atoms with Crippen LogP contribution in [0.4, 0.5) is 4.79 Å². The van der Waals surface area contributed by atoms with Gasteiger partial charge in [-0.2, -0.15) is 0 Å². The van der Waals surface area contributed by atoms with E-state index in [-0.39, 0.29) is 30.3 Å². The van der Waals surface area contributed by atoms with Crippen molar-refractivity contribution in [2.45, 2.75) is 50.6 Å². The number of carbonyl (C=O) groups is 3. The van der Waals surface area contributed by atoms with Crippen LogP contribution in [0.15, 0.2) is 24.3 Å². The van der Waals surface area contributed by atoms with Crippen LogP contribution in [0.25, 0.3) is 0 Å². The summed E-state index contributed by atoms with van der Waals surface area (Å²) in [6.45, 7) is 1.55. The molecule has 0 bridgehead atoms. The Balaban J connectivity index is 1.43. The highest BCUT2D eigenvalue weighted by Crippen LogP contribution is 2.42. The number of carbonyl (C=O) groups excluding carboxylic acids is 3. The molecule has 6 heteroatoms. The van der Waals surface area contributed by atoms with Crippen LogP contribution < -0.4 is 10.6 Å². The van der Waals surface area contributed by atoms with Gasteiger partial charge in [-0.25, -0.2) is 4.79 Å². The van der Waals surface area contributed by atoms with Crippen molar-refractivity contribution in [3.05, 3.63) is 35.4 Å². The molecule has 25 heavy (non-hydrogen) atoms. The molecule has 0 spiro atoms. The van der Waals surface area contributed by atoms with Gasteiger partial charge in [0.05, 0.1) is 6.04 Å². The van der Waals surface area contributed by atoms with Crippen molar-refractivity contribution in [3.8, 4) is 0 Å². The van der Waals surface area contributed by atoms with Crippen LogP contribution in [0.1, 0.15) is 49.8 Å². The third-order valence-corrected chi connectivity index (χ3v) is 5.70. The van der Waals surface area contributed by atoms with Gasteiger partial charge in [-0.15, -0.1) is 0 Å². The third-order valence-electron chi connectivity index (χ3n) is 5.70. The number of nitrogens with zero attached hydrogens (tertiary/aromatic N) is 1. The highest BCUT2D eigenvalue weighted by atomic mass is 16.2. The molecular weight excluding hydrogens is 318 g/mol. The Kier molecular flexibility index (Phi) is 3.78. The Morgan fingerprint density at radius 2 is 2.04 bits per heavy atom. The van der Waals surface area contributed by atoms with Crippen LogP contribution in [0, 0.1) is 5.92 Å². The molecule has 1 saturated carbocycles. The summed E-state index contributed by atoms with van der Waals surface area (Å²) in [6.07, 6.45) is 4.81. The topological polar surface area (TPSA) is 78.5 Å². The van der Waals surface area contributed by atoms with Gasteiger partial charge >= 0.3 is 6.03 Å². The minimum absolute atomic E-state index is 0.0481. The number of hydrogen-bond donors (Lipinski definition) is 2. The number of fused-ring (bicyclic) bond motifs is 1. The van der Waals surface area contributed by atoms with Crippen molar-refractivity contribution < 1.29 is 14.4 Å². The number of aryl methyl sites for hydroxylation is 1.